The minimum absolute atomic E-state index is 0.214. The molecule has 8 rings (SSSR count). The molecule has 3 heterocycles. The number of hydrogen-bond acceptors (Lipinski definition) is 11. The van der Waals surface area contributed by atoms with Crippen molar-refractivity contribution < 1.29 is 35.1 Å². The minimum Gasteiger partial charge on any atom is -0.380 e. The molecule has 3 N–H and O–H groups in total. The summed E-state index contributed by atoms with van der Waals surface area (Å²) in [7, 11) is -8.60. The highest BCUT2D eigenvalue weighted by atomic mass is 32.2. The first-order valence-corrected chi connectivity index (χ1v) is 30.3. The lowest BCUT2D eigenvalue weighted by Crippen LogP contribution is -2.47. The van der Waals surface area contributed by atoms with Crippen LogP contribution in [0.4, 0.5) is 24.5 Å². The highest BCUT2D eigenvalue weighted by molar-refractivity contribution is 8.03. The molecule has 11 nitrogen and oxygen atoms in total. The Morgan fingerprint density at radius 2 is 1.51 bits per heavy atom. The molecule has 17 heteroatoms. The van der Waals surface area contributed by atoms with Gasteiger partial charge in [0.05, 0.1) is 10.6 Å². The lowest BCUT2D eigenvalue weighted by Gasteiger charge is -2.39. The highest BCUT2D eigenvalue weighted by Gasteiger charge is 2.48. The average Bonchev–Trinajstić information content (AvgIpc) is 3.35. The zero-order chi connectivity index (χ0) is 52.1. The van der Waals surface area contributed by atoms with E-state index >= 15 is 0 Å². The van der Waals surface area contributed by atoms with Crippen molar-refractivity contribution >= 4 is 48.6 Å². The van der Waals surface area contributed by atoms with Crippen LogP contribution in [0.15, 0.2) is 105 Å². The fourth-order valence-corrected chi connectivity index (χ4v) is 14.7. The van der Waals surface area contributed by atoms with Crippen LogP contribution >= 0.6 is 11.8 Å². The van der Waals surface area contributed by atoms with Crippen molar-refractivity contribution in [1.82, 2.24) is 19.4 Å². The van der Waals surface area contributed by atoms with Crippen LogP contribution in [-0.4, -0.2) is 126 Å². The molecule has 3 aromatic carbocycles. The number of allylic oxidation sites excluding steroid dienone is 4. The molecule has 400 valence electrons. The largest absolute Gasteiger partial charge is 0.501 e. The van der Waals surface area contributed by atoms with E-state index in [1.54, 1.807) is 23.9 Å². The van der Waals surface area contributed by atoms with Crippen LogP contribution in [0.3, 0.4) is 0 Å². The number of nitrogens with zero attached hydrogens (tertiary/aromatic N) is 4. The van der Waals surface area contributed by atoms with Crippen LogP contribution in [0.5, 0.6) is 0 Å². The van der Waals surface area contributed by atoms with Gasteiger partial charge in [0.2, 0.25) is 10.0 Å². The summed E-state index contributed by atoms with van der Waals surface area (Å²) in [6.07, 6.45) is 13.9. The van der Waals surface area contributed by atoms with Gasteiger partial charge in [0, 0.05) is 61.7 Å². The molecule has 73 heavy (non-hydrogen) atoms. The fraction of sp³-hybridized carbons (Fsp3) is 0.571. The van der Waals surface area contributed by atoms with Gasteiger partial charge in [-0.25, -0.2) is 16.8 Å². The van der Waals surface area contributed by atoms with Crippen molar-refractivity contribution in [2.75, 3.05) is 88.5 Å². The van der Waals surface area contributed by atoms with Crippen LogP contribution < -0.4 is 14.9 Å². The molecular formula is C56H77F3N6O5S3. The standard InChI is InChI=1S/C56H77F3N6O5S3/c1-40-9-11-44(12-10-40)51-19-25-55(3,4)37-46(51)38-64-31-33-65(34-32-64)48-15-13-45(14-16-48)54(66)61-73(69,70)50-17-18-52(53(36-50)72(67,68)56(57,58)59)60-47(39-71-49-8-6-7-41(2)35-49)24-30-63-28-22-43(23-29-63)42-20-26-62(5)27-21-42/h6,8-18,35-36,41-43,47,54,60-61,66H,7,19-34,37-39H2,1-5H3. The maximum absolute atomic E-state index is 14.4. The molecule has 3 unspecified atom stereocenters. The number of aryl methyl sites for hydroxylation is 1. The molecule has 0 spiro atoms. The number of hydrogen-bond donors (Lipinski definition) is 3. The van der Waals surface area contributed by atoms with Gasteiger partial charge >= 0.3 is 5.51 Å². The number of nitrogens with one attached hydrogen (secondary N) is 2. The summed E-state index contributed by atoms with van der Waals surface area (Å²) in [5.74, 6) is 2.19. The first-order valence-electron chi connectivity index (χ1n) is 26.3. The summed E-state index contributed by atoms with van der Waals surface area (Å²) < 4.78 is 99.7. The Hall–Kier alpha value is -3.68. The molecule has 0 amide bonds. The molecular weight excluding hydrogens is 990 g/mol. The van der Waals surface area contributed by atoms with Crippen molar-refractivity contribution in [2.45, 2.75) is 113 Å². The van der Waals surface area contributed by atoms with Crippen molar-refractivity contribution in [3.8, 4) is 0 Å². The van der Waals surface area contributed by atoms with Crippen LogP contribution in [-0.2, 0) is 19.9 Å². The maximum atomic E-state index is 14.4. The summed E-state index contributed by atoms with van der Waals surface area (Å²) in [6.45, 7) is 17.9. The van der Waals surface area contributed by atoms with Crippen LogP contribution in [0.2, 0.25) is 0 Å². The number of likely N-dealkylation sites (tertiary alicyclic amines) is 2. The number of thioether (sulfide) groups is 1. The second kappa shape index (κ2) is 23.7. The molecule has 3 aliphatic heterocycles. The Bertz CT molecular complexity index is 2670. The Labute approximate surface area is 437 Å². The predicted octanol–water partition coefficient (Wildman–Crippen LogP) is 10.5. The van der Waals surface area contributed by atoms with Crippen molar-refractivity contribution in [3.05, 3.63) is 112 Å². The monoisotopic (exact) mass is 1070 g/mol. The first-order chi connectivity index (χ1) is 34.6. The van der Waals surface area contributed by atoms with Gasteiger partial charge in [0.15, 0.2) is 0 Å². The second-order valence-corrected chi connectivity index (χ2v) is 26.9. The zero-order valence-electron chi connectivity index (χ0n) is 43.3. The normalized spacial score (nSPS) is 22.3. The van der Waals surface area contributed by atoms with Gasteiger partial charge in [-0.3, -0.25) is 4.90 Å². The summed E-state index contributed by atoms with van der Waals surface area (Å²) in [6, 6.07) is 18.0. The molecule has 0 saturated carbocycles. The SMILES string of the molecule is Cc1ccc(C2=C(CN3CCN(c4ccc(C(O)NS(=O)(=O)c5ccc(NC(CCN6CCC(C7CCN(C)CC7)CC6)CSC6=CC(C)CC=C6)c(S(=O)(=O)C(F)(F)F)c5)cc4)CC3)CC(C)(C)CC2)cc1. The van der Waals surface area contributed by atoms with E-state index in [0.717, 1.165) is 126 Å². The summed E-state index contributed by atoms with van der Waals surface area (Å²) in [5.41, 5.74) is 0.875. The highest BCUT2D eigenvalue weighted by Crippen LogP contribution is 2.43. The van der Waals surface area contributed by atoms with E-state index in [1.807, 2.05) is 18.2 Å². The third-order valence-electron chi connectivity index (χ3n) is 16.0. The second-order valence-electron chi connectivity index (χ2n) is 22.2. The van der Waals surface area contributed by atoms with Crippen molar-refractivity contribution in [3.63, 3.8) is 0 Å². The van der Waals surface area contributed by atoms with E-state index in [0.29, 0.717) is 36.6 Å². The smallest absolute Gasteiger partial charge is 0.380 e. The van der Waals surface area contributed by atoms with Gasteiger partial charge < -0.3 is 25.1 Å². The fourth-order valence-electron chi connectivity index (χ4n) is 11.4. The minimum atomic E-state index is -6.03. The number of sulfone groups is 1. The van der Waals surface area contributed by atoms with Gasteiger partial charge in [-0.15, -0.1) is 11.8 Å². The van der Waals surface area contributed by atoms with Gasteiger partial charge in [-0.1, -0.05) is 86.5 Å². The van der Waals surface area contributed by atoms with Crippen LogP contribution in [0, 0.1) is 30.1 Å². The lowest BCUT2D eigenvalue weighted by molar-refractivity contribution is -0.0435. The zero-order valence-corrected chi connectivity index (χ0v) is 45.8. The number of benzene rings is 3. The summed E-state index contributed by atoms with van der Waals surface area (Å²) in [4.78, 5) is 8.66. The predicted molar refractivity (Wildman–Crippen MR) is 291 cm³/mol. The molecule has 3 saturated heterocycles. The van der Waals surface area contributed by atoms with Gasteiger partial charge in [0.25, 0.3) is 9.84 Å². The van der Waals surface area contributed by atoms with E-state index in [9.17, 15) is 35.1 Å². The number of piperidine rings is 2. The number of aliphatic hydroxyl groups excluding tert-OH is 1. The van der Waals surface area contributed by atoms with E-state index < -0.39 is 47.4 Å². The van der Waals surface area contributed by atoms with E-state index in [2.05, 4.69) is 101 Å². The molecule has 3 atom stereocenters. The molecule has 0 radical (unpaired) electrons. The van der Waals surface area contributed by atoms with Crippen molar-refractivity contribution in [2.24, 2.45) is 23.2 Å². The van der Waals surface area contributed by atoms with E-state index in [1.165, 1.54) is 35.1 Å². The molecule has 2 aliphatic carbocycles. The average molecular weight is 1070 g/mol. The Morgan fingerprint density at radius 3 is 2.15 bits per heavy atom. The molecule has 0 aromatic heterocycles. The quantitative estimate of drug-likeness (QED) is 0.105. The number of alkyl halides is 3. The van der Waals surface area contributed by atoms with Gasteiger partial charge in [0.1, 0.15) is 11.1 Å². The molecule has 3 aromatic rings. The number of halogens is 3. The van der Waals surface area contributed by atoms with Crippen LogP contribution in [0.1, 0.15) is 101 Å². The van der Waals surface area contributed by atoms with E-state index in [4.69, 9.17) is 0 Å². The summed E-state index contributed by atoms with van der Waals surface area (Å²) in [5, 5.41) is 14.3. The molecule has 3 fully saturated rings. The number of piperazine rings is 1. The van der Waals surface area contributed by atoms with Gasteiger partial charge in [-0.2, -0.15) is 17.9 Å². The van der Waals surface area contributed by atoms with Crippen LogP contribution in [0.25, 0.3) is 5.57 Å². The third kappa shape index (κ3) is 14.4. The Morgan fingerprint density at radius 1 is 0.849 bits per heavy atom. The Kier molecular flexibility index (Phi) is 18.0. The number of aliphatic hydroxyl groups is 1. The third-order valence-corrected chi connectivity index (χ3v) is 20.1. The van der Waals surface area contributed by atoms with Crippen molar-refractivity contribution in [1.29, 1.82) is 0 Å². The Balaban J connectivity index is 0.920. The number of rotatable bonds is 18. The maximum Gasteiger partial charge on any atom is 0.501 e. The summed E-state index contributed by atoms with van der Waals surface area (Å²) >= 11 is 1.56. The molecule has 5 aliphatic rings. The van der Waals surface area contributed by atoms with Gasteiger partial charge in [-0.05, 0) is 168 Å². The topological polar surface area (TPSA) is 126 Å². The molecule has 0 bridgehead atoms. The number of sulfonamides is 1. The number of anilines is 2. The first kappa shape index (κ1) is 55.5. The van der Waals surface area contributed by atoms with E-state index in [-0.39, 0.29) is 16.7 Å². The lowest BCUT2D eigenvalue weighted by atomic mass is 9.72.